The van der Waals surface area contributed by atoms with Gasteiger partial charge in [-0.1, -0.05) is 0 Å². The van der Waals surface area contributed by atoms with Crippen LogP contribution in [0.3, 0.4) is 0 Å². The molecular formula is C9H7F3N5. The molecule has 5 nitrogen and oxygen atoms in total. The Morgan fingerprint density at radius 2 is 2.00 bits per heavy atom. The molecule has 0 aromatic carbocycles. The Labute approximate surface area is 94.5 Å². The largest absolute Gasteiger partial charge is 0.433 e. The van der Waals surface area contributed by atoms with Crippen LogP contribution < -0.4 is 10.6 Å². The third-order valence-electron chi connectivity index (χ3n) is 2.01. The standard InChI is InChI=1S/C9H7F3N5/c1-5-6(16-8-13-4-14-17-8)2-3-7(15-5)9(10,11)12/h2-4H,1H3,(H,16,17). The number of halogens is 3. The zero-order chi connectivity index (χ0) is 12.5. The number of rotatable bonds is 1. The van der Waals surface area contributed by atoms with Crippen LogP contribution in [0.1, 0.15) is 11.4 Å². The molecule has 0 atom stereocenters. The summed E-state index contributed by atoms with van der Waals surface area (Å²) >= 11 is 0. The molecule has 0 bridgehead atoms. The van der Waals surface area contributed by atoms with E-state index < -0.39 is 11.9 Å². The van der Waals surface area contributed by atoms with E-state index in [0.717, 1.165) is 6.07 Å². The molecule has 0 fully saturated rings. The van der Waals surface area contributed by atoms with Crippen molar-refractivity contribution in [1.29, 1.82) is 0 Å². The van der Waals surface area contributed by atoms with Crippen molar-refractivity contribution in [2.75, 3.05) is 5.32 Å². The van der Waals surface area contributed by atoms with Crippen molar-refractivity contribution in [1.82, 2.24) is 10.3 Å². The number of alkyl halides is 3. The first-order valence-corrected chi connectivity index (χ1v) is 4.59. The number of nitrogens with zero attached hydrogens (tertiary/aromatic N) is 4. The highest BCUT2D eigenvalue weighted by atomic mass is 19.4. The molecule has 0 amide bonds. The second-order valence-electron chi connectivity index (χ2n) is 3.24. The van der Waals surface area contributed by atoms with Crippen LogP contribution in [-0.2, 0) is 6.18 Å². The van der Waals surface area contributed by atoms with Gasteiger partial charge in [-0.25, -0.2) is 4.98 Å². The molecule has 1 aliphatic heterocycles. The average molecular weight is 242 g/mol. The van der Waals surface area contributed by atoms with Crippen molar-refractivity contribution < 1.29 is 13.2 Å². The monoisotopic (exact) mass is 242 g/mol. The number of aryl methyl sites for hydroxylation is 1. The lowest BCUT2D eigenvalue weighted by Gasteiger charge is -2.10. The molecule has 0 saturated heterocycles. The van der Waals surface area contributed by atoms with Gasteiger partial charge in [0.15, 0.2) is 0 Å². The molecule has 1 N–H and O–H groups in total. The molecule has 0 saturated carbocycles. The second kappa shape index (κ2) is 4.04. The number of guanidine groups is 1. The van der Waals surface area contributed by atoms with Crippen LogP contribution in [0.2, 0.25) is 0 Å². The molecule has 2 heterocycles. The lowest BCUT2D eigenvalue weighted by molar-refractivity contribution is -0.141. The number of hydrogen-bond donors (Lipinski definition) is 1. The second-order valence-corrected chi connectivity index (χ2v) is 3.24. The van der Waals surface area contributed by atoms with Crippen LogP contribution in [0.15, 0.2) is 22.3 Å². The normalized spacial score (nSPS) is 14.5. The summed E-state index contributed by atoms with van der Waals surface area (Å²) in [7, 11) is 0. The Morgan fingerprint density at radius 1 is 1.24 bits per heavy atom. The number of hydrogen-bond acceptors (Lipinski definition) is 4. The number of anilines is 1. The van der Waals surface area contributed by atoms with Gasteiger partial charge in [0, 0.05) is 0 Å². The Balaban J connectivity index is 2.20. The predicted octanol–water partition coefficient (Wildman–Crippen LogP) is 1.74. The molecule has 0 spiro atoms. The first-order valence-electron chi connectivity index (χ1n) is 4.59. The highest BCUT2D eigenvalue weighted by Gasteiger charge is 2.32. The fraction of sp³-hybridized carbons (Fsp3) is 0.222. The van der Waals surface area contributed by atoms with Gasteiger partial charge in [0.05, 0.1) is 11.4 Å². The molecule has 1 aliphatic rings. The summed E-state index contributed by atoms with van der Waals surface area (Å²) in [6, 6.07) is 2.17. The summed E-state index contributed by atoms with van der Waals surface area (Å²) in [6.07, 6.45) is -3.21. The predicted molar refractivity (Wildman–Crippen MR) is 55.7 cm³/mol. The minimum atomic E-state index is -4.44. The van der Waals surface area contributed by atoms with Gasteiger partial charge in [-0.05, 0) is 19.1 Å². The van der Waals surface area contributed by atoms with E-state index in [1.807, 2.05) is 0 Å². The third kappa shape index (κ3) is 2.52. The van der Waals surface area contributed by atoms with Gasteiger partial charge in [-0.15, -0.1) is 10.2 Å². The maximum Gasteiger partial charge on any atom is 0.433 e. The van der Waals surface area contributed by atoms with Crippen LogP contribution in [0, 0.1) is 6.92 Å². The lowest BCUT2D eigenvalue weighted by Crippen LogP contribution is -2.21. The van der Waals surface area contributed by atoms with Crippen molar-refractivity contribution >= 4 is 18.0 Å². The molecule has 2 rings (SSSR count). The van der Waals surface area contributed by atoms with Crippen molar-refractivity contribution in [2.45, 2.75) is 13.1 Å². The van der Waals surface area contributed by atoms with Gasteiger partial charge < -0.3 is 5.32 Å². The number of pyridine rings is 1. The molecule has 17 heavy (non-hydrogen) atoms. The van der Waals surface area contributed by atoms with Crippen molar-refractivity contribution in [2.24, 2.45) is 10.2 Å². The third-order valence-corrected chi connectivity index (χ3v) is 2.01. The van der Waals surface area contributed by atoms with Gasteiger partial charge in [0.1, 0.15) is 12.0 Å². The van der Waals surface area contributed by atoms with Gasteiger partial charge >= 0.3 is 6.18 Å². The van der Waals surface area contributed by atoms with E-state index in [1.54, 1.807) is 0 Å². The highest BCUT2D eigenvalue weighted by Crippen LogP contribution is 2.29. The van der Waals surface area contributed by atoms with Crippen LogP contribution in [0.25, 0.3) is 0 Å². The van der Waals surface area contributed by atoms with E-state index in [1.165, 1.54) is 19.3 Å². The molecule has 1 radical (unpaired) electrons. The Morgan fingerprint density at radius 3 is 2.53 bits per heavy atom. The van der Waals surface area contributed by atoms with E-state index in [2.05, 4.69) is 25.8 Å². The maximum atomic E-state index is 12.4. The fourth-order valence-electron chi connectivity index (χ4n) is 1.22. The van der Waals surface area contributed by atoms with Crippen LogP contribution >= 0.6 is 0 Å². The van der Waals surface area contributed by atoms with E-state index in [9.17, 15) is 13.2 Å². The minimum Gasteiger partial charge on any atom is -0.321 e. The summed E-state index contributed by atoms with van der Waals surface area (Å²) in [5, 5.41) is 13.5. The Kier molecular flexibility index (Phi) is 2.70. The van der Waals surface area contributed by atoms with E-state index in [-0.39, 0.29) is 11.7 Å². The van der Waals surface area contributed by atoms with Gasteiger partial charge in [-0.3, -0.25) is 0 Å². The lowest BCUT2D eigenvalue weighted by atomic mass is 10.2. The first kappa shape index (κ1) is 11.4. The van der Waals surface area contributed by atoms with Crippen LogP contribution in [0.5, 0.6) is 0 Å². The van der Waals surface area contributed by atoms with Crippen molar-refractivity contribution in [3.63, 3.8) is 0 Å². The summed E-state index contributed by atoms with van der Waals surface area (Å²) in [5.41, 5.74) is -0.308. The van der Waals surface area contributed by atoms with E-state index >= 15 is 0 Å². The Bertz CT molecular complexity index is 492. The van der Waals surface area contributed by atoms with Gasteiger partial charge in [-0.2, -0.15) is 18.5 Å². The number of aromatic nitrogens is 1. The first-order chi connectivity index (χ1) is 7.97. The fourth-order valence-corrected chi connectivity index (χ4v) is 1.22. The van der Waals surface area contributed by atoms with Crippen molar-refractivity contribution in [3.05, 3.63) is 23.5 Å². The molecular weight excluding hydrogens is 235 g/mol. The molecule has 0 unspecified atom stereocenters. The summed E-state index contributed by atoms with van der Waals surface area (Å²) < 4.78 is 37.1. The van der Waals surface area contributed by atoms with Crippen LogP contribution in [-0.4, -0.2) is 17.3 Å². The van der Waals surface area contributed by atoms with E-state index in [0.29, 0.717) is 5.69 Å². The zero-order valence-electron chi connectivity index (χ0n) is 8.65. The minimum absolute atomic E-state index is 0.213. The molecule has 1 aromatic heterocycles. The quantitative estimate of drug-likeness (QED) is 0.815. The molecule has 89 valence electrons. The molecule has 1 aromatic rings. The molecule has 0 aliphatic carbocycles. The topological polar surface area (TPSA) is 63.7 Å². The smallest absolute Gasteiger partial charge is 0.321 e. The van der Waals surface area contributed by atoms with Crippen molar-refractivity contribution in [3.8, 4) is 0 Å². The van der Waals surface area contributed by atoms with Gasteiger partial charge in [0.2, 0.25) is 5.96 Å². The van der Waals surface area contributed by atoms with Gasteiger partial charge in [0.25, 0.3) is 0 Å². The molecule has 8 heteroatoms. The summed E-state index contributed by atoms with van der Waals surface area (Å²) in [6.45, 7) is 1.47. The Hall–Kier alpha value is -2.12. The summed E-state index contributed by atoms with van der Waals surface area (Å²) in [4.78, 5) is 3.46. The average Bonchev–Trinajstić information content (AvgIpc) is 2.72. The SMILES string of the molecule is Cc1nc(C(F)(F)F)ccc1NC1=NN=C[N]1. The zero-order valence-corrected chi connectivity index (χ0v) is 8.65. The van der Waals surface area contributed by atoms with Crippen LogP contribution in [0.4, 0.5) is 18.9 Å². The highest BCUT2D eigenvalue weighted by molar-refractivity contribution is 6.01. The summed E-state index contributed by atoms with van der Waals surface area (Å²) in [5.74, 6) is 0.217. The van der Waals surface area contributed by atoms with E-state index in [4.69, 9.17) is 0 Å². The number of nitrogens with one attached hydrogen (secondary N) is 1. The maximum absolute atomic E-state index is 12.4.